The van der Waals surface area contributed by atoms with Gasteiger partial charge in [0.25, 0.3) is 0 Å². The zero-order valence-corrected chi connectivity index (χ0v) is 13.6. The zero-order chi connectivity index (χ0) is 15.2. The van der Waals surface area contributed by atoms with E-state index in [-0.39, 0.29) is 0 Å². The summed E-state index contributed by atoms with van der Waals surface area (Å²) in [4.78, 5) is 0. The molecule has 3 heteroatoms. The van der Waals surface area contributed by atoms with Crippen molar-refractivity contribution in [3.63, 3.8) is 0 Å². The molecule has 0 aromatic heterocycles. The molecule has 0 aliphatic heterocycles. The maximum Gasteiger partial charge on any atom is 0.133 e. The molecular weight excluding hydrogens is 282 g/mol. The van der Waals surface area contributed by atoms with Crippen LogP contribution in [-0.2, 0) is 6.54 Å². The van der Waals surface area contributed by atoms with Crippen molar-refractivity contribution in [2.24, 2.45) is 0 Å². The Morgan fingerprint density at radius 1 is 1.05 bits per heavy atom. The van der Waals surface area contributed by atoms with E-state index in [1.54, 1.807) is 0 Å². The molecule has 112 valence electrons. The Kier molecular flexibility index (Phi) is 5.66. The summed E-state index contributed by atoms with van der Waals surface area (Å²) in [6.45, 7) is 7.99. The molecular formula is C18H22ClNO. The lowest BCUT2D eigenvalue weighted by molar-refractivity contribution is 0.469. The van der Waals surface area contributed by atoms with Crippen LogP contribution in [0, 0.1) is 13.8 Å². The molecule has 2 aromatic rings. The Hall–Kier alpha value is -1.51. The van der Waals surface area contributed by atoms with E-state index in [1.807, 2.05) is 30.3 Å². The Morgan fingerprint density at radius 2 is 1.76 bits per heavy atom. The summed E-state index contributed by atoms with van der Waals surface area (Å²) in [5.41, 5.74) is 3.39. The van der Waals surface area contributed by atoms with Crippen molar-refractivity contribution in [2.75, 3.05) is 6.54 Å². The molecule has 0 bridgehead atoms. The van der Waals surface area contributed by atoms with Crippen molar-refractivity contribution in [1.82, 2.24) is 5.32 Å². The number of rotatable bonds is 6. The van der Waals surface area contributed by atoms with Gasteiger partial charge in [-0.25, -0.2) is 0 Å². The summed E-state index contributed by atoms with van der Waals surface area (Å²) in [7, 11) is 0. The Bertz CT molecular complexity index is 610. The minimum absolute atomic E-state index is 0.716. The fraction of sp³-hybridized carbons (Fsp3) is 0.333. The van der Waals surface area contributed by atoms with E-state index in [0.29, 0.717) is 6.54 Å². The highest BCUT2D eigenvalue weighted by atomic mass is 35.5. The molecule has 0 atom stereocenters. The molecule has 2 nitrogen and oxygen atoms in total. The van der Waals surface area contributed by atoms with Crippen molar-refractivity contribution in [2.45, 2.75) is 33.7 Å². The third-order valence-corrected chi connectivity index (χ3v) is 3.93. The van der Waals surface area contributed by atoms with Crippen LogP contribution in [0.15, 0.2) is 36.4 Å². The second kappa shape index (κ2) is 7.48. The van der Waals surface area contributed by atoms with Crippen molar-refractivity contribution in [3.05, 3.63) is 58.1 Å². The normalized spacial score (nSPS) is 10.7. The van der Waals surface area contributed by atoms with E-state index >= 15 is 0 Å². The predicted molar refractivity (Wildman–Crippen MR) is 89.4 cm³/mol. The smallest absolute Gasteiger partial charge is 0.133 e. The lowest BCUT2D eigenvalue weighted by Gasteiger charge is -2.15. The average Bonchev–Trinajstić information content (AvgIpc) is 2.47. The zero-order valence-electron chi connectivity index (χ0n) is 12.9. The van der Waals surface area contributed by atoms with Gasteiger partial charge in [0.2, 0.25) is 0 Å². The van der Waals surface area contributed by atoms with Gasteiger partial charge in [-0.2, -0.15) is 0 Å². The first-order valence-corrected chi connectivity index (χ1v) is 7.73. The second-order valence-electron chi connectivity index (χ2n) is 5.19. The SMILES string of the molecule is CCCNCc1c(Cl)cccc1Oc1cccc(C)c1C. The monoisotopic (exact) mass is 303 g/mol. The van der Waals surface area contributed by atoms with Gasteiger partial charge < -0.3 is 10.1 Å². The summed E-state index contributed by atoms with van der Waals surface area (Å²) in [6.07, 6.45) is 1.09. The van der Waals surface area contributed by atoms with Crippen LogP contribution in [0.2, 0.25) is 5.02 Å². The molecule has 0 saturated heterocycles. The fourth-order valence-electron chi connectivity index (χ4n) is 2.15. The second-order valence-corrected chi connectivity index (χ2v) is 5.60. The van der Waals surface area contributed by atoms with Crippen LogP contribution in [0.25, 0.3) is 0 Å². The largest absolute Gasteiger partial charge is 0.457 e. The van der Waals surface area contributed by atoms with Gasteiger partial charge in [0.05, 0.1) is 0 Å². The molecule has 0 fully saturated rings. The number of aryl methyl sites for hydroxylation is 1. The van der Waals surface area contributed by atoms with Crippen molar-refractivity contribution in [3.8, 4) is 11.5 Å². The minimum Gasteiger partial charge on any atom is -0.457 e. The summed E-state index contributed by atoms with van der Waals surface area (Å²) < 4.78 is 6.11. The lowest BCUT2D eigenvalue weighted by Crippen LogP contribution is -2.14. The molecule has 2 aromatic carbocycles. The number of hydrogen-bond donors (Lipinski definition) is 1. The van der Waals surface area contributed by atoms with E-state index in [9.17, 15) is 0 Å². The highest BCUT2D eigenvalue weighted by Gasteiger charge is 2.10. The summed E-state index contributed by atoms with van der Waals surface area (Å²) in [5.74, 6) is 1.70. The topological polar surface area (TPSA) is 21.3 Å². The van der Waals surface area contributed by atoms with Gasteiger partial charge in [0.1, 0.15) is 11.5 Å². The minimum atomic E-state index is 0.716. The summed E-state index contributed by atoms with van der Waals surface area (Å²) >= 11 is 6.33. The highest BCUT2D eigenvalue weighted by molar-refractivity contribution is 6.31. The molecule has 0 saturated carbocycles. The van der Waals surface area contributed by atoms with Crippen LogP contribution in [0.1, 0.15) is 30.0 Å². The molecule has 0 radical (unpaired) electrons. The van der Waals surface area contributed by atoms with Crippen LogP contribution < -0.4 is 10.1 Å². The van der Waals surface area contributed by atoms with Gasteiger partial charge in [-0.05, 0) is 56.1 Å². The summed E-state index contributed by atoms with van der Waals surface area (Å²) in [6, 6.07) is 11.9. The Morgan fingerprint density at radius 3 is 2.52 bits per heavy atom. The van der Waals surface area contributed by atoms with Gasteiger partial charge in [-0.1, -0.05) is 36.7 Å². The third kappa shape index (κ3) is 3.99. The number of nitrogens with one attached hydrogen (secondary N) is 1. The van der Waals surface area contributed by atoms with Crippen LogP contribution in [-0.4, -0.2) is 6.54 Å². The third-order valence-electron chi connectivity index (χ3n) is 3.58. The van der Waals surface area contributed by atoms with Crippen LogP contribution in [0.5, 0.6) is 11.5 Å². The number of hydrogen-bond acceptors (Lipinski definition) is 2. The standard InChI is InChI=1S/C18H22ClNO/c1-4-11-20-12-15-16(19)8-6-10-18(15)21-17-9-5-7-13(2)14(17)3/h5-10,20H,4,11-12H2,1-3H3. The average molecular weight is 304 g/mol. The summed E-state index contributed by atoms with van der Waals surface area (Å²) in [5, 5.41) is 4.12. The Balaban J connectivity index is 2.27. The first kappa shape index (κ1) is 15.9. The molecule has 0 amide bonds. The molecule has 0 aliphatic carbocycles. The van der Waals surface area contributed by atoms with E-state index in [4.69, 9.17) is 16.3 Å². The molecule has 0 unspecified atom stereocenters. The van der Waals surface area contributed by atoms with E-state index in [1.165, 1.54) is 5.56 Å². The van der Waals surface area contributed by atoms with Gasteiger partial charge in [-0.15, -0.1) is 0 Å². The van der Waals surface area contributed by atoms with Crippen LogP contribution in [0.4, 0.5) is 0 Å². The highest BCUT2D eigenvalue weighted by Crippen LogP contribution is 2.32. The number of ether oxygens (including phenoxy) is 1. The number of benzene rings is 2. The van der Waals surface area contributed by atoms with Crippen molar-refractivity contribution < 1.29 is 4.74 Å². The van der Waals surface area contributed by atoms with Gasteiger partial charge in [0, 0.05) is 17.1 Å². The van der Waals surface area contributed by atoms with E-state index in [0.717, 1.165) is 40.6 Å². The van der Waals surface area contributed by atoms with Crippen LogP contribution in [0.3, 0.4) is 0 Å². The van der Waals surface area contributed by atoms with E-state index < -0.39 is 0 Å². The Labute approximate surface area is 132 Å². The van der Waals surface area contributed by atoms with Gasteiger partial charge >= 0.3 is 0 Å². The van der Waals surface area contributed by atoms with Crippen LogP contribution >= 0.6 is 11.6 Å². The molecule has 1 N–H and O–H groups in total. The first-order chi connectivity index (χ1) is 10.1. The molecule has 0 spiro atoms. The first-order valence-electron chi connectivity index (χ1n) is 7.35. The predicted octanol–water partition coefficient (Wildman–Crippen LogP) is 5.25. The molecule has 2 rings (SSSR count). The fourth-order valence-corrected chi connectivity index (χ4v) is 2.38. The molecule has 0 heterocycles. The number of halogens is 1. The quantitative estimate of drug-likeness (QED) is 0.736. The molecule has 0 aliphatic rings. The van der Waals surface area contributed by atoms with Crippen molar-refractivity contribution in [1.29, 1.82) is 0 Å². The van der Waals surface area contributed by atoms with Crippen molar-refractivity contribution >= 4 is 11.6 Å². The van der Waals surface area contributed by atoms with Gasteiger partial charge in [-0.3, -0.25) is 0 Å². The van der Waals surface area contributed by atoms with Gasteiger partial charge in [0.15, 0.2) is 0 Å². The maximum atomic E-state index is 6.33. The van der Waals surface area contributed by atoms with E-state index in [2.05, 4.69) is 32.2 Å². The maximum absolute atomic E-state index is 6.33. The molecule has 21 heavy (non-hydrogen) atoms. The lowest BCUT2D eigenvalue weighted by atomic mass is 10.1.